The number of H-pyrrole nitrogens is 1. The SMILES string of the molecule is O=C(NCCc1ccn(-c2ccccc2)n1)c1ccc(=O)[nH]c1. The quantitative estimate of drug-likeness (QED) is 0.750. The van der Waals surface area contributed by atoms with Gasteiger partial charge in [-0.25, -0.2) is 4.68 Å². The maximum atomic E-state index is 11.9. The Hall–Kier alpha value is -3.15. The fourth-order valence-electron chi connectivity index (χ4n) is 2.18. The van der Waals surface area contributed by atoms with Crippen molar-refractivity contribution in [3.63, 3.8) is 0 Å². The molecule has 116 valence electrons. The fraction of sp³-hybridized carbons (Fsp3) is 0.118. The topological polar surface area (TPSA) is 79.8 Å². The lowest BCUT2D eigenvalue weighted by molar-refractivity contribution is 0.0953. The molecule has 0 radical (unpaired) electrons. The van der Waals surface area contributed by atoms with E-state index in [0.717, 1.165) is 11.4 Å². The molecule has 23 heavy (non-hydrogen) atoms. The van der Waals surface area contributed by atoms with Gasteiger partial charge >= 0.3 is 0 Å². The van der Waals surface area contributed by atoms with E-state index >= 15 is 0 Å². The molecule has 2 heterocycles. The number of carbonyl (C=O) groups excluding carboxylic acids is 1. The number of aromatic nitrogens is 3. The van der Waals surface area contributed by atoms with E-state index in [1.807, 2.05) is 42.6 Å². The van der Waals surface area contributed by atoms with Crippen LogP contribution >= 0.6 is 0 Å². The number of amides is 1. The van der Waals surface area contributed by atoms with Crippen molar-refractivity contribution in [2.75, 3.05) is 6.54 Å². The van der Waals surface area contributed by atoms with E-state index < -0.39 is 0 Å². The second-order valence-electron chi connectivity index (χ2n) is 5.03. The first-order valence-electron chi connectivity index (χ1n) is 7.29. The lowest BCUT2D eigenvalue weighted by Gasteiger charge is -2.03. The van der Waals surface area contributed by atoms with E-state index in [0.29, 0.717) is 18.5 Å². The molecule has 3 rings (SSSR count). The number of benzene rings is 1. The van der Waals surface area contributed by atoms with E-state index in [1.54, 1.807) is 4.68 Å². The second kappa shape index (κ2) is 6.74. The molecule has 0 bridgehead atoms. The molecule has 0 unspecified atom stereocenters. The number of para-hydroxylation sites is 1. The Morgan fingerprint density at radius 2 is 1.96 bits per heavy atom. The van der Waals surface area contributed by atoms with Gasteiger partial charge in [0.25, 0.3) is 5.91 Å². The number of nitrogens with zero attached hydrogens (tertiary/aromatic N) is 2. The molecular weight excluding hydrogens is 292 g/mol. The van der Waals surface area contributed by atoms with Crippen molar-refractivity contribution in [3.05, 3.63) is 82.5 Å². The smallest absolute Gasteiger partial charge is 0.252 e. The minimum absolute atomic E-state index is 0.219. The summed E-state index contributed by atoms with van der Waals surface area (Å²) in [4.78, 5) is 25.4. The summed E-state index contributed by atoms with van der Waals surface area (Å²) < 4.78 is 1.80. The maximum Gasteiger partial charge on any atom is 0.252 e. The van der Waals surface area contributed by atoms with Crippen molar-refractivity contribution in [2.45, 2.75) is 6.42 Å². The van der Waals surface area contributed by atoms with Crippen molar-refractivity contribution >= 4 is 5.91 Å². The Bertz CT molecular complexity index is 832. The number of hydrogen-bond donors (Lipinski definition) is 2. The van der Waals surface area contributed by atoms with E-state index in [2.05, 4.69) is 15.4 Å². The van der Waals surface area contributed by atoms with Crippen LogP contribution in [-0.4, -0.2) is 27.2 Å². The van der Waals surface area contributed by atoms with Crippen LogP contribution in [0.25, 0.3) is 5.69 Å². The normalized spacial score (nSPS) is 10.4. The van der Waals surface area contributed by atoms with Crippen molar-refractivity contribution in [1.82, 2.24) is 20.1 Å². The zero-order valence-electron chi connectivity index (χ0n) is 12.4. The molecule has 0 saturated carbocycles. The molecule has 1 amide bonds. The van der Waals surface area contributed by atoms with Crippen LogP contribution in [-0.2, 0) is 6.42 Å². The first kappa shape index (κ1) is 14.8. The van der Waals surface area contributed by atoms with Crippen LogP contribution in [0.4, 0.5) is 0 Å². The summed E-state index contributed by atoms with van der Waals surface area (Å²) >= 11 is 0. The average Bonchev–Trinajstić information content (AvgIpc) is 3.05. The van der Waals surface area contributed by atoms with Gasteiger partial charge in [0.05, 0.1) is 16.9 Å². The molecule has 0 aliphatic carbocycles. The Balaban J connectivity index is 1.55. The van der Waals surface area contributed by atoms with E-state index in [1.165, 1.54) is 18.3 Å². The van der Waals surface area contributed by atoms with Crippen molar-refractivity contribution in [2.24, 2.45) is 0 Å². The lowest BCUT2D eigenvalue weighted by Crippen LogP contribution is -2.26. The summed E-state index contributed by atoms with van der Waals surface area (Å²) in [6.45, 7) is 0.476. The predicted molar refractivity (Wildman–Crippen MR) is 86.7 cm³/mol. The highest BCUT2D eigenvalue weighted by molar-refractivity contribution is 5.93. The standard InChI is InChI=1S/C17H16N4O2/c22-16-7-6-13(12-19-16)17(23)18-10-8-14-9-11-21(20-14)15-4-2-1-3-5-15/h1-7,9,11-12H,8,10H2,(H,18,23)(H,19,22). The van der Waals surface area contributed by atoms with Crippen molar-refractivity contribution < 1.29 is 4.79 Å². The third-order valence-corrected chi connectivity index (χ3v) is 3.38. The molecule has 0 atom stereocenters. The van der Waals surface area contributed by atoms with Crippen LogP contribution in [0.15, 0.2) is 65.7 Å². The summed E-state index contributed by atoms with van der Waals surface area (Å²) in [5, 5.41) is 7.29. The summed E-state index contributed by atoms with van der Waals surface area (Å²) in [7, 11) is 0. The van der Waals surface area contributed by atoms with Crippen LogP contribution in [0.3, 0.4) is 0 Å². The summed E-state index contributed by atoms with van der Waals surface area (Å²) in [6, 6.07) is 14.6. The Labute approximate surface area is 132 Å². The van der Waals surface area contributed by atoms with Gasteiger partial charge in [-0.2, -0.15) is 5.10 Å². The number of rotatable bonds is 5. The van der Waals surface area contributed by atoms with Crippen LogP contribution in [0.1, 0.15) is 16.1 Å². The maximum absolute atomic E-state index is 11.9. The number of pyridine rings is 1. The van der Waals surface area contributed by atoms with Gasteiger partial charge in [0.15, 0.2) is 0 Å². The average molecular weight is 308 g/mol. The molecule has 3 aromatic rings. The number of nitrogens with one attached hydrogen (secondary N) is 2. The van der Waals surface area contributed by atoms with Gasteiger partial charge in [-0.15, -0.1) is 0 Å². The third-order valence-electron chi connectivity index (χ3n) is 3.38. The second-order valence-corrected chi connectivity index (χ2v) is 5.03. The molecule has 0 saturated heterocycles. The summed E-state index contributed by atoms with van der Waals surface area (Å²) in [6.07, 6.45) is 3.94. The first-order valence-corrected chi connectivity index (χ1v) is 7.29. The molecule has 0 spiro atoms. The van der Waals surface area contributed by atoms with Crippen molar-refractivity contribution in [1.29, 1.82) is 0 Å². The van der Waals surface area contributed by atoms with Crippen LogP contribution in [0.5, 0.6) is 0 Å². The Morgan fingerprint density at radius 3 is 2.70 bits per heavy atom. The Kier molecular flexibility index (Phi) is 4.33. The molecule has 0 fully saturated rings. The van der Waals surface area contributed by atoms with E-state index in [9.17, 15) is 9.59 Å². The summed E-state index contributed by atoms with van der Waals surface area (Å²) in [5.41, 5.74) is 2.10. The molecule has 2 aromatic heterocycles. The van der Waals surface area contributed by atoms with E-state index in [-0.39, 0.29) is 11.5 Å². The highest BCUT2D eigenvalue weighted by atomic mass is 16.1. The van der Waals surface area contributed by atoms with Gasteiger partial charge in [-0.05, 0) is 24.3 Å². The lowest BCUT2D eigenvalue weighted by atomic mass is 10.2. The molecular formula is C17H16N4O2. The largest absolute Gasteiger partial charge is 0.352 e. The third kappa shape index (κ3) is 3.74. The molecule has 6 nitrogen and oxygen atoms in total. The highest BCUT2D eigenvalue weighted by Gasteiger charge is 2.06. The fourth-order valence-corrected chi connectivity index (χ4v) is 2.18. The molecule has 0 aliphatic heterocycles. The van der Waals surface area contributed by atoms with Crippen LogP contribution in [0.2, 0.25) is 0 Å². The van der Waals surface area contributed by atoms with E-state index in [4.69, 9.17) is 0 Å². The van der Waals surface area contributed by atoms with Crippen LogP contribution < -0.4 is 10.9 Å². The summed E-state index contributed by atoms with van der Waals surface area (Å²) in [5.74, 6) is -0.219. The van der Waals surface area contributed by atoms with Gasteiger partial charge in [0, 0.05) is 31.4 Å². The van der Waals surface area contributed by atoms with Crippen molar-refractivity contribution in [3.8, 4) is 5.69 Å². The van der Waals surface area contributed by atoms with Gasteiger partial charge in [-0.3, -0.25) is 9.59 Å². The van der Waals surface area contributed by atoms with Gasteiger partial charge < -0.3 is 10.3 Å². The number of carbonyl (C=O) groups is 1. The molecule has 0 aliphatic rings. The molecule has 2 N–H and O–H groups in total. The zero-order valence-corrected chi connectivity index (χ0v) is 12.4. The number of hydrogen-bond acceptors (Lipinski definition) is 3. The first-order chi connectivity index (χ1) is 11.2. The monoisotopic (exact) mass is 308 g/mol. The molecule has 6 heteroatoms. The Morgan fingerprint density at radius 1 is 1.13 bits per heavy atom. The van der Waals surface area contributed by atoms with Gasteiger partial charge in [-0.1, -0.05) is 18.2 Å². The number of aromatic amines is 1. The van der Waals surface area contributed by atoms with Gasteiger partial charge in [0.1, 0.15) is 0 Å². The minimum atomic E-state index is -0.229. The zero-order chi connectivity index (χ0) is 16.1. The molecule has 1 aromatic carbocycles. The highest BCUT2D eigenvalue weighted by Crippen LogP contribution is 2.07. The van der Waals surface area contributed by atoms with Gasteiger partial charge in [0.2, 0.25) is 5.56 Å². The minimum Gasteiger partial charge on any atom is -0.352 e. The van der Waals surface area contributed by atoms with Crippen LogP contribution in [0, 0.1) is 0 Å². The predicted octanol–water partition coefficient (Wildman–Crippen LogP) is 1.53.